The molecule has 0 saturated carbocycles. The summed E-state index contributed by atoms with van der Waals surface area (Å²) in [5.74, 6) is 2.11. The number of aryl methyl sites for hydroxylation is 2. The Morgan fingerprint density at radius 2 is 1.85 bits per heavy atom. The molecule has 0 fully saturated rings. The summed E-state index contributed by atoms with van der Waals surface area (Å²) in [6, 6.07) is 11.8. The molecule has 1 heterocycles. The van der Waals surface area contributed by atoms with E-state index < -0.39 is 0 Å². The Balaban J connectivity index is 1.89. The maximum absolute atomic E-state index is 5.63. The molecule has 0 N–H and O–H groups in total. The number of benzene rings is 2. The van der Waals surface area contributed by atoms with Gasteiger partial charge in [-0.1, -0.05) is 25.1 Å². The number of hydrogen-bond acceptors (Lipinski definition) is 3. The van der Waals surface area contributed by atoms with Gasteiger partial charge in [0.05, 0.1) is 14.2 Å². The van der Waals surface area contributed by atoms with Gasteiger partial charge in [0.25, 0.3) is 0 Å². The fraction of sp³-hybridized carbons (Fsp3) is 0.478. The predicted molar refractivity (Wildman–Crippen MR) is 105 cm³/mol. The third-order valence-corrected chi connectivity index (χ3v) is 6.20. The lowest BCUT2D eigenvalue weighted by Crippen LogP contribution is -2.46. The number of rotatable bonds is 4. The molecule has 1 aliphatic heterocycles. The van der Waals surface area contributed by atoms with Crippen LogP contribution in [0, 0.1) is 6.92 Å². The average molecular weight is 351 g/mol. The summed E-state index contributed by atoms with van der Waals surface area (Å²) >= 11 is 0. The van der Waals surface area contributed by atoms with Gasteiger partial charge in [-0.3, -0.25) is 4.90 Å². The number of ether oxygens (including phenoxy) is 2. The lowest BCUT2D eigenvalue weighted by Gasteiger charge is -2.46. The van der Waals surface area contributed by atoms with E-state index in [-0.39, 0.29) is 0 Å². The van der Waals surface area contributed by atoms with Gasteiger partial charge in [0.1, 0.15) is 0 Å². The molecule has 2 aromatic rings. The van der Waals surface area contributed by atoms with E-state index in [9.17, 15) is 0 Å². The molecule has 1 aliphatic carbocycles. The van der Waals surface area contributed by atoms with Gasteiger partial charge in [0.15, 0.2) is 11.5 Å². The van der Waals surface area contributed by atoms with Crippen LogP contribution in [0.25, 0.3) is 0 Å². The van der Waals surface area contributed by atoms with Crippen molar-refractivity contribution < 1.29 is 9.47 Å². The summed E-state index contributed by atoms with van der Waals surface area (Å²) in [7, 11) is 3.45. The SMILES string of the molecule is CCCN1Cc2c(C)cccc2C2c3cc(OC)c(OC)cc3CCC21. The zero-order chi connectivity index (χ0) is 18.3. The van der Waals surface area contributed by atoms with E-state index in [1.54, 1.807) is 14.2 Å². The van der Waals surface area contributed by atoms with Gasteiger partial charge in [-0.15, -0.1) is 0 Å². The van der Waals surface area contributed by atoms with E-state index in [1.807, 2.05) is 0 Å². The van der Waals surface area contributed by atoms with E-state index >= 15 is 0 Å². The lowest BCUT2D eigenvalue weighted by molar-refractivity contribution is 0.141. The molecule has 2 aromatic carbocycles. The first kappa shape index (κ1) is 17.4. The van der Waals surface area contributed by atoms with E-state index in [2.05, 4.69) is 49.1 Å². The van der Waals surface area contributed by atoms with Crippen molar-refractivity contribution in [1.82, 2.24) is 4.90 Å². The molecular weight excluding hydrogens is 322 g/mol. The molecule has 4 rings (SSSR count). The molecule has 2 unspecified atom stereocenters. The standard InChI is InChI=1S/C23H29NO2/c1-5-11-24-14-19-15(2)7-6-8-17(19)23-18-13-22(26-4)21(25-3)12-16(18)9-10-20(23)24/h6-8,12-13,20,23H,5,9-11,14H2,1-4H3. The van der Waals surface area contributed by atoms with Gasteiger partial charge in [-0.2, -0.15) is 0 Å². The van der Waals surface area contributed by atoms with E-state index in [1.165, 1.54) is 40.7 Å². The zero-order valence-corrected chi connectivity index (χ0v) is 16.3. The Morgan fingerprint density at radius 1 is 1.08 bits per heavy atom. The molecule has 138 valence electrons. The first-order chi connectivity index (χ1) is 12.7. The number of methoxy groups -OCH3 is 2. The Morgan fingerprint density at radius 3 is 2.58 bits per heavy atom. The largest absolute Gasteiger partial charge is 0.493 e. The highest BCUT2D eigenvalue weighted by molar-refractivity contribution is 5.55. The van der Waals surface area contributed by atoms with Crippen molar-refractivity contribution in [2.75, 3.05) is 20.8 Å². The van der Waals surface area contributed by atoms with Crippen molar-refractivity contribution in [2.45, 2.75) is 51.6 Å². The highest BCUT2D eigenvalue weighted by atomic mass is 16.5. The first-order valence-corrected chi connectivity index (χ1v) is 9.75. The molecule has 0 spiro atoms. The summed E-state index contributed by atoms with van der Waals surface area (Å²) in [4.78, 5) is 2.71. The van der Waals surface area contributed by atoms with Crippen LogP contribution in [0.2, 0.25) is 0 Å². The Labute approximate surface area is 156 Å². The molecule has 0 amide bonds. The predicted octanol–water partition coefficient (Wildman–Crippen LogP) is 4.68. The first-order valence-electron chi connectivity index (χ1n) is 9.75. The van der Waals surface area contributed by atoms with Crippen molar-refractivity contribution in [2.24, 2.45) is 0 Å². The van der Waals surface area contributed by atoms with Crippen LogP contribution in [0.3, 0.4) is 0 Å². The lowest BCUT2D eigenvalue weighted by atomic mass is 9.71. The van der Waals surface area contributed by atoms with Crippen molar-refractivity contribution in [3.05, 3.63) is 58.1 Å². The molecule has 3 nitrogen and oxygen atoms in total. The van der Waals surface area contributed by atoms with Crippen LogP contribution in [0.15, 0.2) is 30.3 Å². The topological polar surface area (TPSA) is 21.7 Å². The van der Waals surface area contributed by atoms with Crippen LogP contribution in [0.5, 0.6) is 11.5 Å². The van der Waals surface area contributed by atoms with Gasteiger partial charge in [0, 0.05) is 18.5 Å². The van der Waals surface area contributed by atoms with Crippen molar-refractivity contribution in [3.8, 4) is 11.5 Å². The highest BCUT2D eigenvalue weighted by Crippen LogP contribution is 2.47. The highest BCUT2D eigenvalue weighted by Gasteiger charge is 2.40. The van der Waals surface area contributed by atoms with E-state index in [0.717, 1.165) is 31.0 Å². The molecule has 2 atom stereocenters. The second kappa shape index (κ2) is 6.96. The van der Waals surface area contributed by atoms with Gasteiger partial charge in [-0.05, 0) is 72.7 Å². The molecule has 0 bridgehead atoms. The summed E-state index contributed by atoms with van der Waals surface area (Å²) in [5, 5.41) is 0. The maximum Gasteiger partial charge on any atom is 0.161 e. The molecule has 0 aromatic heterocycles. The number of nitrogens with zero attached hydrogens (tertiary/aromatic N) is 1. The molecule has 0 radical (unpaired) electrons. The second-order valence-electron chi connectivity index (χ2n) is 7.60. The zero-order valence-electron chi connectivity index (χ0n) is 16.3. The quantitative estimate of drug-likeness (QED) is 0.798. The minimum atomic E-state index is 0.425. The normalized spacial score (nSPS) is 21.5. The van der Waals surface area contributed by atoms with Crippen molar-refractivity contribution in [3.63, 3.8) is 0 Å². The van der Waals surface area contributed by atoms with Crippen molar-refractivity contribution >= 4 is 0 Å². The fourth-order valence-corrected chi connectivity index (χ4v) is 4.97. The minimum absolute atomic E-state index is 0.425. The van der Waals surface area contributed by atoms with E-state index in [4.69, 9.17) is 9.47 Å². The fourth-order valence-electron chi connectivity index (χ4n) is 4.97. The van der Waals surface area contributed by atoms with Gasteiger partial charge in [0.2, 0.25) is 0 Å². The van der Waals surface area contributed by atoms with Crippen LogP contribution in [-0.2, 0) is 13.0 Å². The smallest absolute Gasteiger partial charge is 0.161 e. The Hall–Kier alpha value is -2.00. The maximum atomic E-state index is 5.63. The second-order valence-corrected chi connectivity index (χ2v) is 7.60. The van der Waals surface area contributed by atoms with Crippen molar-refractivity contribution in [1.29, 1.82) is 0 Å². The van der Waals surface area contributed by atoms with Crippen LogP contribution in [0.4, 0.5) is 0 Å². The van der Waals surface area contributed by atoms with Gasteiger partial charge in [-0.25, -0.2) is 0 Å². The third kappa shape index (κ3) is 2.69. The number of fused-ring (bicyclic) bond motifs is 5. The summed E-state index contributed by atoms with van der Waals surface area (Å²) in [6.07, 6.45) is 3.52. The summed E-state index contributed by atoms with van der Waals surface area (Å²) in [6.45, 7) is 6.78. The molecular formula is C23H29NO2. The van der Waals surface area contributed by atoms with Crippen LogP contribution in [0.1, 0.15) is 53.5 Å². The third-order valence-electron chi connectivity index (χ3n) is 6.20. The molecule has 0 saturated heterocycles. The van der Waals surface area contributed by atoms with Gasteiger partial charge >= 0.3 is 0 Å². The van der Waals surface area contributed by atoms with Crippen LogP contribution in [-0.4, -0.2) is 31.7 Å². The monoisotopic (exact) mass is 351 g/mol. The van der Waals surface area contributed by atoms with Gasteiger partial charge < -0.3 is 9.47 Å². The molecule has 26 heavy (non-hydrogen) atoms. The van der Waals surface area contributed by atoms with E-state index in [0.29, 0.717) is 12.0 Å². The Bertz CT molecular complexity index is 814. The summed E-state index contributed by atoms with van der Waals surface area (Å²) in [5.41, 5.74) is 7.27. The molecule has 3 heteroatoms. The van der Waals surface area contributed by atoms with Crippen LogP contribution >= 0.6 is 0 Å². The molecule has 2 aliphatic rings. The Kier molecular flexibility index (Phi) is 4.66. The number of hydrogen-bond donors (Lipinski definition) is 0. The minimum Gasteiger partial charge on any atom is -0.493 e. The van der Waals surface area contributed by atoms with Crippen LogP contribution < -0.4 is 9.47 Å². The average Bonchev–Trinajstić information content (AvgIpc) is 2.67. The summed E-state index contributed by atoms with van der Waals surface area (Å²) < 4.78 is 11.2.